The number of benzene rings is 1. The second-order valence-corrected chi connectivity index (χ2v) is 7.71. The van der Waals surface area contributed by atoms with Crippen LogP contribution >= 0.6 is 0 Å². The molecule has 5 rings (SSSR count). The Morgan fingerprint density at radius 1 is 1.29 bits per heavy atom. The van der Waals surface area contributed by atoms with Crippen LogP contribution in [0.15, 0.2) is 36.5 Å². The Morgan fingerprint density at radius 3 is 2.81 bits per heavy atom. The summed E-state index contributed by atoms with van der Waals surface area (Å²) in [5.41, 5.74) is 2.53. The van der Waals surface area contributed by atoms with Crippen LogP contribution in [0.4, 0.5) is 8.78 Å². The molecular formula is C22H20F2N4O3. The molecule has 1 aliphatic carbocycles. The van der Waals surface area contributed by atoms with Crippen molar-refractivity contribution in [1.82, 2.24) is 19.1 Å². The van der Waals surface area contributed by atoms with Crippen molar-refractivity contribution >= 4 is 28.0 Å². The molecule has 1 saturated carbocycles. The number of hydrogen-bond donors (Lipinski definition) is 0. The fourth-order valence-electron chi connectivity index (χ4n) is 3.98. The van der Waals surface area contributed by atoms with Crippen LogP contribution < -0.4 is 4.74 Å². The van der Waals surface area contributed by atoms with Crippen LogP contribution in [0, 0.1) is 5.92 Å². The van der Waals surface area contributed by atoms with Crippen LogP contribution in [0.3, 0.4) is 0 Å². The fraction of sp³-hybridized carbons (Fsp3) is 0.318. The van der Waals surface area contributed by atoms with Gasteiger partial charge in [-0.15, -0.1) is 0 Å². The van der Waals surface area contributed by atoms with Crippen molar-refractivity contribution in [2.45, 2.75) is 26.0 Å². The third-order valence-corrected chi connectivity index (χ3v) is 5.59. The number of aromatic nitrogens is 4. The number of fused-ring (bicyclic) bond motifs is 2. The zero-order valence-corrected chi connectivity index (χ0v) is 17.0. The van der Waals surface area contributed by atoms with Crippen molar-refractivity contribution in [2.24, 2.45) is 13.0 Å². The topological polar surface area (TPSA) is 71.2 Å². The van der Waals surface area contributed by atoms with Gasteiger partial charge in [-0.3, -0.25) is 0 Å². The molecule has 0 amide bonds. The van der Waals surface area contributed by atoms with E-state index in [0.29, 0.717) is 22.8 Å². The van der Waals surface area contributed by atoms with E-state index in [1.807, 2.05) is 18.2 Å². The molecule has 3 heterocycles. The smallest absolute Gasteiger partial charge is 0.387 e. The van der Waals surface area contributed by atoms with Crippen LogP contribution in [0.2, 0.25) is 0 Å². The van der Waals surface area contributed by atoms with E-state index in [-0.39, 0.29) is 11.3 Å². The molecule has 1 fully saturated rings. The van der Waals surface area contributed by atoms with Crippen LogP contribution in [0.25, 0.3) is 33.6 Å². The summed E-state index contributed by atoms with van der Waals surface area (Å²) in [6.07, 6.45) is 4.09. The number of imidazole rings is 1. The van der Waals surface area contributed by atoms with Crippen molar-refractivity contribution in [2.75, 3.05) is 7.11 Å². The third-order valence-electron chi connectivity index (χ3n) is 5.59. The van der Waals surface area contributed by atoms with E-state index in [1.54, 1.807) is 17.8 Å². The molecule has 0 saturated heterocycles. The first-order chi connectivity index (χ1) is 15.0. The Hall–Kier alpha value is -3.49. The zero-order valence-electron chi connectivity index (χ0n) is 17.0. The molecule has 1 aromatic carbocycles. The number of carbonyl (C=O) groups is 1. The minimum absolute atomic E-state index is 0.0930. The Morgan fingerprint density at radius 2 is 2.10 bits per heavy atom. The number of rotatable bonds is 6. The third kappa shape index (κ3) is 3.39. The van der Waals surface area contributed by atoms with Gasteiger partial charge in [0.25, 0.3) is 0 Å². The highest BCUT2D eigenvalue weighted by molar-refractivity contribution is 5.97. The number of halogens is 2. The predicted molar refractivity (Wildman–Crippen MR) is 110 cm³/mol. The quantitative estimate of drug-likeness (QED) is 0.428. The maximum absolute atomic E-state index is 13.1. The van der Waals surface area contributed by atoms with Crippen molar-refractivity contribution in [3.63, 3.8) is 0 Å². The average Bonchev–Trinajstić information content (AvgIpc) is 3.41. The van der Waals surface area contributed by atoms with Gasteiger partial charge in [0.15, 0.2) is 11.6 Å². The summed E-state index contributed by atoms with van der Waals surface area (Å²) in [6.45, 7) is -2.23. The first-order valence-electron chi connectivity index (χ1n) is 9.94. The summed E-state index contributed by atoms with van der Waals surface area (Å²) >= 11 is 0. The number of pyridine rings is 1. The Balaban J connectivity index is 1.74. The second-order valence-electron chi connectivity index (χ2n) is 7.71. The number of alkyl halides is 2. The number of hydrogen-bond acceptors (Lipinski definition) is 5. The lowest BCUT2D eigenvalue weighted by atomic mass is 10.2. The molecule has 1 aliphatic rings. The number of carbonyl (C=O) groups excluding carboxylic acids is 1. The van der Waals surface area contributed by atoms with Gasteiger partial charge in [-0.2, -0.15) is 8.78 Å². The van der Waals surface area contributed by atoms with Gasteiger partial charge in [-0.05, 0) is 49.1 Å². The normalized spacial score (nSPS) is 14.0. The Labute approximate surface area is 176 Å². The van der Waals surface area contributed by atoms with Gasteiger partial charge >= 0.3 is 12.6 Å². The number of aryl methyl sites for hydroxylation is 1. The molecule has 0 spiro atoms. The summed E-state index contributed by atoms with van der Waals surface area (Å²) in [5, 5.41) is 0.976. The highest BCUT2D eigenvalue weighted by atomic mass is 19.3. The summed E-state index contributed by atoms with van der Waals surface area (Å²) in [5.74, 6) is 0.391. The van der Waals surface area contributed by atoms with Crippen LogP contribution in [-0.2, 0) is 18.3 Å². The number of ether oxygens (including phenoxy) is 2. The lowest BCUT2D eigenvalue weighted by Crippen LogP contribution is -2.07. The van der Waals surface area contributed by atoms with E-state index in [9.17, 15) is 13.6 Å². The van der Waals surface area contributed by atoms with Gasteiger partial charge in [-0.1, -0.05) is 0 Å². The molecule has 31 heavy (non-hydrogen) atoms. The summed E-state index contributed by atoms with van der Waals surface area (Å²) in [4.78, 5) is 21.3. The molecule has 4 aromatic rings. The number of methoxy groups -OCH3 is 1. The van der Waals surface area contributed by atoms with Crippen LogP contribution in [0.5, 0.6) is 5.75 Å². The van der Waals surface area contributed by atoms with Gasteiger partial charge < -0.3 is 18.6 Å². The lowest BCUT2D eigenvalue weighted by Gasteiger charge is -2.11. The maximum atomic E-state index is 13.1. The van der Waals surface area contributed by atoms with E-state index < -0.39 is 12.6 Å². The first kappa shape index (κ1) is 19.5. The van der Waals surface area contributed by atoms with E-state index in [2.05, 4.69) is 9.55 Å². The molecule has 9 heteroatoms. The molecular weight excluding hydrogens is 406 g/mol. The van der Waals surface area contributed by atoms with Crippen molar-refractivity contribution in [3.05, 3.63) is 42.1 Å². The van der Waals surface area contributed by atoms with Crippen LogP contribution in [-0.4, -0.2) is 38.8 Å². The fourth-order valence-corrected chi connectivity index (χ4v) is 3.98. The van der Waals surface area contributed by atoms with E-state index in [4.69, 9.17) is 14.5 Å². The largest absolute Gasteiger partial charge is 0.465 e. The molecule has 0 radical (unpaired) electrons. The lowest BCUT2D eigenvalue weighted by molar-refractivity contribution is -0.0490. The van der Waals surface area contributed by atoms with Gasteiger partial charge in [0, 0.05) is 25.2 Å². The maximum Gasteiger partial charge on any atom is 0.387 e. The Kier molecular flexibility index (Phi) is 4.60. The summed E-state index contributed by atoms with van der Waals surface area (Å²) in [7, 11) is 2.97. The molecule has 0 N–H and O–H groups in total. The van der Waals surface area contributed by atoms with Gasteiger partial charge in [0.05, 0.1) is 23.9 Å². The monoisotopic (exact) mass is 426 g/mol. The van der Waals surface area contributed by atoms with Gasteiger partial charge in [0.2, 0.25) is 0 Å². The molecule has 0 bridgehead atoms. The van der Waals surface area contributed by atoms with Crippen molar-refractivity contribution in [1.29, 1.82) is 0 Å². The van der Waals surface area contributed by atoms with Crippen LogP contribution in [0.1, 0.15) is 23.2 Å². The average molecular weight is 426 g/mol. The van der Waals surface area contributed by atoms with Gasteiger partial charge in [-0.25, -0.2) is 14.8 Å². The second kappa shape index (κ2) is 7.33. The summed E-state index contributed by atoms with van der Waals surface area (Å²) in [6, 6.07) is 8.64. The minimum Gasteiger partial charge on any atom is -0.465 e. The minimum atomic E-state index is -3.04. The predicted octanol–water partition coefficient (Wildman–Crippen LogP) is 4.39. The Bertz CT molecular complexity index is 1310. The van der Waals surface area contributed by atoms with Crippen molar-refractivity contribution < 1.29 is 23.0 Å². The zero-order chi connectivity index (χ0) is 21.7. The molecule has 0 atom stereocenters. The summed E-state index contributed by atoms with van der Waals surface area (Å²) < 4.78 is 39.5. The van der Waals surface area contributed by atoms with Gasteiger partial charge in [0.1, 0.15) is 11.2 Å². The molecule has 160 valence electrons. The first-order valence-corrected chi connectivity index (χ1v) is 9.94. The van der Waals surface area contributed by atoms with E-state index >= 15 is 0 Å². The standard InChI is InChI=1S/C22H20F2N4O3/c1-27-18-15(8-14(21(29)30-2)10-17(18)31-22(23)24)26-20(27)16-9-13-4-3-7-25-19(13)28(16)11-12-5-6-12/h3-4,7-10,12,22H,5-6,11H2,1-2H3. The molecule has 7 nitrogen and oxygen atoms in total. The number of nitrogens with zero attached hydrogens (tertiary/aromatic N) is 4. The number of esters is 1. The molecule has 0 aliphatic heterocycles. The van der Waals surface area contributed by atoms with Crippen molar-refractivity contribution in [3.8, 4) is 17.3 Å². The highest BCUT2D eigenvalue weighted by Gasteiger charge is 2.27. The van der Waals surface area contributed by atoms with E-state index in [0.717, 1.165) is 23.3 Å². The molecule has 0 unspecified atom stereocenters. The highest BCUT2D eigenvalue weighted by Crippen LogP contribution is 2.37. The SMILES string of the molecule is COC(=O)c1cc(OC(F)F)c2c(c1)nc(-c1cc3cccnc3n1CC1CC1)n2C. The van der Waals surface area contributed by atoms with E-state index in [1.165, 1.54) is 32.1 Å². The molecule has 3 aromatic heterocycles.